The van der Waals surface area contributed by atoms with Crippen LogP contribution in [0, 0.1) is 0 Å². The molecule has 2 aromatic heterocycles. The lowest BCUT2D eigenvalue weighted by atomic mass is 10.3. The highest BCUT2D eigenvalue weighted by atomic mass is 16.3. The number of rotatable bonds is 3. The van der Waals surface area contributed by atoms with Crippen LogP contribution in [0.25, 0.3) is 0 Å². The second-order valence-electron chi connectivity index (χ2n) is 3.37. The van der Waals surface area contributed by atoms with Crippen LogP contribution in [0.3, 0.4) is 0 Å². The van der Waals surface area contributed by atoms with Gasteiger partial charge < -0.3 is 10.4 Å². The average Bonchev–Trinajstić information content (AvgIpc) is 2.38. The van der Waals surface area contributed by atoms with Gasteiger partial charge in [-0.3, -0.25) is 9.78 Å². The van der Waals surface area contributed by atoms with E-state index in [0.29, 0.717) is 6.54 Å². The molecule has 2 heterocycles. The van der Waals surface area contributed by atoms with E-state index in [4.69, 9.17) is 0 Å². The third kappa shape index (κ3) is 2.78. The standard InChI is InChI=1S/C12H11N3O2/c16-10-5-3-7-14-11(10)12(17)15-8-9-4-1-2-6-13-9/h1-7,16H,8H2,(H,15,17). The van der Waals surface area contributed by atoms with Crippen LogP contribution in [0.2, 0.25) is 0 Å². The zero-order valence-corrected chi connectivity index (χ0v) is 9.00. The third-order valence-corrected chi connectivity index (χ3v) is 2.16. The number of nitrogens with one attached hydrogen (secondary N) is 1. The van der Waals surface area contributed by atoms with E-state index in [1.54, 1.807) is 24.4 Å². The Kier molecular flexibility index (Phi) is 3.30. The smallest absolute Gasteiger partial charge is 0.274 e. The normalized spacial score (nSPS) is 9.88. The lowest BCUT2D eigenvalue weighted by Gasteiger charge is -2.05. The van der Waals surface area contributed by atoms with E-state index in [0.717, 1.165) is 5.69 Å². The molecule has 2 aromatic rings. The van der Waals surface area contributed by atoms with E-state index in [1.165, 1.54) is 12.3 Å². The van der Waals surface area contributed by atoms with Crippen molar-refractivity contribution in [3.63, 3.8) is 0 Å². The number of aromatic hydroxyl groups is 1. The van der Waals surface area contributed by atoms with E-state index in [-0.39, 0.29) is 11.4 Å². The van der Waals surface area contributed by atoms with Crippen LogP contribution in [0.15, 0.2) is 42.7 Å². The Morgan fingerprint density at radius 3 is 2.71 bits per heavy atom. The van der Waals surface area contributed by atoms with Crippen molar-refractivity contribution in [2.45, 2.75) is 6.54 Å². The summed E-state index contributed by atoms with van der Waals surface area (Å²) in [7, 11) is 0. The van der Waals surface area contributed by atoms with Gasteiger partial charge in [-0.2, -0.15) is 0 Å². The second kappa shape index (κ2) is 5.07. The summed E-state index contributed by atoms with van der Waals surface area (Å²) in [5, 5.41) is 12.1. The first-order valence-electron chi connectivity index (χ1n) is 5.09. The minimum absolute atomic E-state index is 0.0171. The number of aromatic nitrogens is 2. The zero-order chi connectivity index (χ0) is 12.1. The number of pyridine rings is 2. The molecule has 5 nitrogen and oxygen atoms in total. The fourth-order valence-corrected chi connectivity index (χ4v) is 1.33. The predicted octanol–water partition coefficient (Wildman–Crippen LogP) is 1.11. The molecule has 0 unspecified atom stereocenters. The largest absolute Gasteiger partial charge is 0.505 e. The molecule has 86 valence electrons. The molecule has 0 aromatic carbocycles. The van der Waals surface area contributed by atoms with E-state index in [1.807, 2.05) is 6.07 Å². The highest BCUT2D eigenvalue weighted by molar-refractivity contribution is 5.94. The number of hydrogen-bond donors (Lipinski definition) is 2. The highest BCUT2D eigenvalue weighted by Crippen LogP contribution is 2.11. The van der Waals surface area contributed by atoms with Gasteiger partial charge in [0.25, 0.3) is 5.91 Å². The molecule has 0 saturated carbocycles. The lowest BCUT2D eigenvalue weighted by Crippen LogP contribution is -2.24. The van der Waals surface area contributed by atoms with E-state index in [2.05, 4.69) is 15.3 Å². The Labute approximate surface area is 98.2 Å². The van der Waals surface area contributed by atoms with Crippen molar-refractivity contribution >= 4 is 5.91 Å². The number of carbonyl (C=O) groups excluding carboxylic acids is 1. The van der Waals surface area contributed by atoms with Crippen LogP contribution in [-0.4, -0.2) is 21.0 Å². The number of hydrogen-bond acceptors (Lipinski definition) is 4. The summed E-state index contributed by atoms with van der Waals surface area (Å²) in [6.45, 7) is 0.301. The zero-order valence-electron chi connectivity index (χ0n) is 9.00. The Morgan fingerprint density at radius 1 is 1.18 bits per heavy atom. The maximum atomic E-state index is 11.7. The molecule has 0 fully saturated rings. The van der Waals surface area contributed by atoms with Crippen LogP contribution in [0.4, 0.5) is 0 Å². The fraction of sp³-hybridized carbons (Fsp3) is 0.0833. The first-order chi connectivity index (χ1) is 8.27. The van der Waals surface area contributed by atoms with Gasteiger partial charge in [-0.15, -0.1) is 0 Å². The minimum atomic E-state index is -0.422. The molecule has 17 heavy (non-hydrogen) atoms. The summed E-state index contributed by atoms with van der Waals surface area (Å²) < 4.78 is 0. The van der Waals surface area contributed by atoms with E-state index >= 15 is 0 Å². The summed E-state index contributed by atoms with van der Waals surface area (Å²) in [6, 6.07) is 8.43. The van der Waals surface area contributed by atoms with Gasteiger partial charge in [0.05, 0.1) is 12.2 Å². The maximum Gasteiger partial charge on any atom is 0.274 e. The molecular formula is C12H11N3O2. The van der Waals surface area contributed by atoms with Crippen LogP contribution < -0.4 is 5.32 Å². The average molecular weight is 229 g/mol. The van der Waals surface area contributed by atoms with Gasteiger partial charge in [0.1, 0.15) is 5.75 Å². The van der Waals surface area contributed by atoms with Crippen molar-refractivity contribution < 1.29 is 9.90 Å². The van der Waals surface area contributed by atoms with E-state index < -0.39 is 5.91 Å². The molecule has 0 atom stereocenters. The molecule has 5 heteroatoms. The van der Waals surface area contributed by atoms with Crippen LogP contribution in [0.5, 0.6) is 5.75 Å². The predicted molar refractivity (Wildman–Crippen MR) is 61.3 cm³/mol. The monoisotopic (exact) mass is 229 g/mol. The molecule has 0 aliphatic heterocycles. The van der Waals surface area contributed by atoms with Crippen molar-refractivity contribution in [1.82, 2.24) is 15.3 Å². The molecule has 0 aliphatic carbocycles. The molecule has 2 N–H and O–H groups in total. The first kappa shape index (κ1) is 11.1. The minimum Gasteiger partial charge on any atom is -0.505 e. The molecule has 1 amide bonds. The third-order valence-electron chi connectivity index (χ3n) is 2.16. The van der Waals surface area contributed by atoms with E-state index in [9.17, 15) is 9.90 Å². The fourth-order valence-electron chi connectivity index (χ4n) is 1.33. The van der Waals surface area contributed by atoms with Crippen molar-refractivity contribution in [1.29, 1.82) is 0 Å². The van der Waals surface area contributed by atoms with Crippen LogP contribution in [-0.2, 0) is 6.54 Å². The van der Waals surface area contributed by atoms with Gasteiger partial charge in [0.2, 0.25) is 0 Å². The quantitative estimate of drug-likeness (QED) is 0.826. The molecular weight excluding hydrogens is 218 g/mol. The van der Waals surface area contributed by atoms with Crippen molar-refractivity contribution in [3.8, 4) is 5.75 Å². The number of carbonyl (C=O) groups is 1. The molecule has 0 bridgehead atoms. The van der Waals surface area contributed by atoms with Crippen LogP contribution in [0.1, 0.15) is 16.2 Å². The number of nitrogens with zero attached hydrogens (tertiary/aromatic N) is 2. The Hall–Kier alpha value is -2.43. The highest BCUT2D eigenvalue weighted by Gasteiger charge is 2.11. The SMILES string of the molecule is O=C(NCc1ccccn1)c1ncccc1O. The van der Waals surface area contributed by atoms with Gasteiger partial charge in [0, 0.05) is 12.4 Å². The Balaban J connectivity index is 2.01. The van der Waals surface area contributed by atoms with Crippen LogP contribution >= 0.6 is 0 Å². The maximum absolute atomic E-state index is 11.7. The summed E-state index contributed by atoms with van der Waals surface area (Å²) in [4.78, 5) is 19.6. The van der Waals surface area contributed by atoms with Gasteiger partial charge in [-0.05, 0) is 24.3 Å². The first-order valence-corrected chi connectivity index (χ1v) is 5.09. The summed E-state index contributed by atoms with van der Waals surface area (Å²) in [5.41, 5.74) is 0.764. The van der Waals surface area contributed by atoms with Crippen molar-refractivity contribution in [2.75, 3.05) is 0 Å². The summed E-state index contributed by atoms with van der Waals surface area (Å²) in [5.74, 6) is -0.556. The van der Waals surface area contributed by atoms with Gasteiger partial charge in [-0.1, -0.05) is 6.07 Å². The Morgan fingerprint density at radius 2 is 2.00 bits per heavy atom. The summed E-state index contributed by atoms with van der Waals surface area (Å²) in [6.07, 6.45) is 3.11. The van der Waals surface area contributed by atoms with Gasteiger partial charge in [-0.25, -0.2) is 4.98 Å². The number of amides is 1. The summed E-state index contributed by atoms with van der Waals surface area (Å²) >= 11 is 0. The molecule has 0 saturated heterocycles. The molecule has 0 spiro atoms. The lowest BCUT2D eigenvalue weighted by molar-refractivity contribution is 0.0942. The second-order valence-corrected chi connectivity index (χ2v) is 3.37. The van der Waals surface area contributed by atoms with Crippen molar-refractivity contribution in [3.05, 3.63) is 54.1 Å². The van der Waals surface area contributed by atoms with Gasteiger partial charge in [0.15, 0.2) is 5.69 Å². The van der Waals surface area contributed by atoms with Crippen molar-refractivity contribution in [2.24, 2.45) is 0 Å². The Bertz CT molecular complexity index is 514. The molecule has 2 rings (SSSR count). The molecule has 0 radical (unpaired) electrons. The topological polar surface area (TPSA) is 75.1 Å². The molecule has 0 aliphatic rings. The van der Waals surface area contributed by atoms with Gasteiger partial charge >= 0.3 is 0 Å².